The van der Waals surface area contributed by atoms with Crippen LogP contribution < -0.4 is 15.8 Å². The first-order valence-corrected chi connectivity index (χ1v) is 7.02. The number of methoxy groups -OCH3 is 1. The molecular weight excluding hydrogens is 240 g/mol. The van der Waals surface area contributed by atoms with Gasteiger partial charge in [0, 0.05) is 25.2 Å². The molecule has 0 amide bonds. The Hall–Kier alpha value is -1.49. The molecule has 0 aromatic carbocycles. The zero-order chi connectivity index (χ0) is 13.7. The maximum atomic E-state index is 5.95. The molecule has 0 unspecified atom stereocenters. The van der Waals surface area contributed by atoms with Crippen LogP contribution in [0.25, 0.3) is 0 Å². The summed E-state index contributed by atoms with van der Waals surface area (Å²) in [7, 11) is 1.62. The first kappa shape index (κ1) is 13.9. The van der Waals surface area contributed by atoms with E-state index in [0.717, 1.165) is 31.7 Å². The molecule has 1 saturated heterocycles. The van der Waals surface area contributed by atoms with Crippen molar-refractivity contribution in [2.75, 3.05) is 37.8 Å². The molecule has 2 heterocycles. The summed E-state index contributed by atoms with van der Waals surface area (Å²) in [6, 6.07) is 4.07. The Labute approximate surface area is 115 Å². The summed E-state index contributed by atoms with van der Waals surface area (Å²) in [5.74, 6) is 1.34. The second kappa shape index (κ2) is 6.61. The van der Waals surface area contributed by atoms with Gasteiger partial charge < -0.3 is 20.7 Å². The molecule has 1 aliphatic rings. The Morgan fingerprint density at radius 3 is 2.79 bits per heavy atom. The number of hydrogen-bond donors (Lipinski definition) is 2. The fourth-order valence-corrected chi connectivity index (χ4v) is 2.49. The van der Waals surface area contributed by atoms with Crippen molar-refractivity contribution < 1.29 is 4.74 Å². The van der Waals surface area contributed by atoms with Crippen LogP contribution in [0.2, 0.25) is 0 Å². The molecule has 5 nitrogen and oxygen atoms in total. The molecular formula is C14H24N4O. The van der Waals surface area contributed by atoms with Crippen LogP contribution in [0.3, 0.4) is 0 Å². The van der Waals surface area contributed by atoms with E-state index < -0.39 is 0 Å². The number of aromatic nitrogens is 1. The van der Waals surface area contributed by atoms with Crippen molar-refractivity contribution in [3.63, 3.8) is 0 Å². The summed E-state index contributed by atoms with van der Waals surface area (Å²) in [4.78, 5) is 6.88. The molecule has 19 heavy (non-hydrogen) atoms. The van der Waals surface area contributed by atoms with Gasteiger partial charge >= 0.3 is 0 Å². The third-order valence-corrected chi connectivity index (χ3v) is 3.58. The molecule has 1 aliphatic heterocycles. The van der Waals surface area contributed by atoms with E-state index in [0.29, 0.717) is 17.6 Å². The highest BCUT2D eigenvalue weighted by atomic mass is 16.5. The number of nitrogens with one attached hydrogen (secondary N) is 1. The second-order valence-electron chi connectivity index (χ2n) is 5.05. The normalized spacial score (nSPS) is 17.4. The van der Waals surface area contributed by atoms with Gasteiger partial charge in [0.15, 0.2) is 5.82 Å². The summed E-state index contributed by atoms with van der Waals surface area (Å²) in [6.45, 7) is 5.72. The molecule has 0 saturated carbocycles. The van der Waals surface area contributed by atoms with Crippen LogP contribution >= 0.6 is 0 Å². The van der Waals surface area contributed by atoms with Gasteiger partial charge in [-0.3, -0.25) is 0 Å². The molecule has 0 radical (unpaired) electrons. The molecule has 3 N–H and O–H groups in total. The highest BCUT2D eigenvalue weighted by Crippen LogP contribution is 2.23. The fourth-order valence-electron chi connectivity index (χ4n) is 2.49. The molecule has 0 bridgehead atoms. The Balaban J connectivity index is 1.91. The predicted octanol–water partition coefficient (Wildman–Crippen LogP) is 1.96. The van der Waals surface area contributed by atoms with Gasteiger partial charge in [-0.2, -0.15) is 4.98 Å². The number of ether oxygens (including phenoxy) is 1. The van der Waals surface area contributed by atoms with Gasteiger partial charge in [-0.05, 0) is 31.9 Å². The predicted molar refractivity (Wildman–Crippen MR) is 78.6 cm³/mol. The van der Waals surface area contributed by atoms with E-state index in [1.165, 1.54) is 13.0 Å². The van der Waals surface area contributed by atoms with Crippen LogP contribution in [0.4, 0.5) is 11.5 Å². The third kappa shape index (κ3) is 3.73. The molecule has 1 fully saturated rings. The van der Waals surface area contributed by atoms with E-state index in [-0.39, 0.29) is 0 Å². The molecule has 1 aromatic rings. The van der Waals surface area contributed by atoms with Gasteiger partial charge in [-0.15, -0.1) is 0 Å². The van der Waals surface area contributed by atoms with E-state index in [1.807, 2.05) is 6.07 Å². The summed E-state index contributed by atoms with van der Waals surface area (Å²) in [5, 5.41) is 3.44. The van der Waals surface area contributed by atoms with Crippen molar-refractivity contribution >= 4 is 11.5 Å². The fraction of sp³-hybridized carbons (Fsp3) is 0.643. The van der Waals surface area contributed by atoms with Crippen molar-refractivity contribution in [3.05, 3.63) is 12.1 Å². The van der Waals surface area contributed by atoms with Crippen molar-refractivity contribution in [1.82, 2.24) is 9.88 Å². The van der Waals surface area contributed by atoms with Crippen LogP contribution in [-0.4, -0.2) is 42.7 Å². The summed E-state index contributed by atoms with van der Waals surface area (Å²) >= 11 is 0. The van der Waals surface area contributed by atoms with Crippen molar-refractivity contribution in [3.8, 4) is 5.88 Å². The highest BCUT2D eigenvalue weighted by Gasteiger charge is 2.19. The largest absolute Gasteiger partial charge is 0.481 e. The minimum atomic E-state index is 0.454. The summed E-state index contributed by atoms with van der Waals surface area (Å²) < 4.78 is 5.13. The number of anilines is 2. The van der Waals surface area contributed by atoms with Crippen molar-refractivity contribution in [2.24, 2.45) is 0 Å². The zero-order valence-corrected chi connectivity index (χ0v) is 11.9. The Morgan fingerprint density at radius 2 is 2.16 bits per heavy atom. The van der Waals surface area contributed by atoms with Gasteiger partial charge in [-0.1, -0.05) is 6.92 Å². The Morgan fingerprint density at radius 1 is 1.42 bits per heavy atom. The topological polar surface area (TPSA) is 63.4 Å². The minimum Gasteiger partial charge on any atom is -0.481 e. The number of likely N-dealkylation sites (tertiary alicyclic amines) is 1. The number of nitrogens with two attached hydrogens (primary N) is 1. The molecule has 106 valence electrons. The molecule has 0 spiro atoms. The molecule has 2 rings (SSSR count). The third-order valence-electron chi connectivity index (χ3n) is 3.58. The lowest BCUT2D eigenvalue weighted by Gasteiger charge is -2.32. The molecule has 5 heteroatoms. The Bertz CT molecular complexity index is 402. The van der Waals surface area contributed by atoms with Crippen molar-refractivity contribution in [2.45, 2.75) is 32.2 Å². The summed E-state index contributed by atoms with van der Waals surface area (Å²) in [5.41, 5.74) is 6.62. The van der Waals surface area contributed by atoms with Gasteiger partial charge in [-0.25, -0.2) is 0 Å². The molecule has 1 aromatic heterocycles. The minimum absolute atomic E-state index is 0.454. The maximum absolute atomic E-state index is 5.95. The molecule has 0 atom stereocenters. The maximum Gasteiger partial charge on any atom is 0.215 e. The number of pyridine rings is 1. The van der Waals surface area contributed by atoms with E-state index in [1.54, 1.807) is 13.2 Å². The van der Waals surface area contributed by atoms with Gasteiger partial charge in [0.25, 0.3) is 0 Å². The number of nitrogens with zero attached hydrogens (tertiary/aromatic N) is 2. The number of piperidine rings is 1. The van der Waals surface area contributed by atoms with E-state index in [2.05, 4.69) is 22.1 Å². The lowest BCUT2D eigenvalue weighted by molar-refractivity contribution is 0.219. The van der Waals surface area contributed by atoms with Gasteiger partial charge in [0.2, 0.25) is 5.88 Å². The van der Waals surface area contributed by atoms with E-state index >= 15 is 0 Å². The SMILES string of the molecule is CCCN1CCC(Nc2nc(OC)ccc2N)CC1. The van der Waals surface area contributed by atoms with Gasteiger partial charge in [0.05, 0.1) is 12.8 Å². The summed E-state index contributed by atoms with van der Waals surface area (Å²) in [6.07, 6.45) is 3.50. The zero-order valence-electron chi connectivity index (χ0n) is 11.9. The average Bonchev–Trinajstić information content (AvgIpc) is 2.44. The standard InChI is InChI=1S/C14H24N4O/c1-3-8-18-9-6-11(7-10-18)16-14-12(15)4-5-13(17-14)19-2/h4-5,11H,3,6-10,15H2,1-2H3,(H,16,17). The molecule has 0 aliphatic carbocycles. The number of rotatable bonds is 5. The van der Waals surface area contributed by atoms with Crippen LogP contribution in [0.15, 0.2) is 12.1 Å². The first-order valence-electron chi connectivity index (χ1n) is 7.02. The van der Waals surface area contributed by atoms with Crippen LogP contribution in [-0.2, 0) is 0 Å². The average molecular weight is 264 g/mol. The van der Waals surface area contributed by atoms with Crippen molar-refractivity contribution in [1.29, 1.82) is 0 Å². The number of hydrogen-bond acceptors (Lipinski definition) is 5. The van der Waals surface area contributed by atoms with E-state index in [9.17, 15) is 0 Å². The number of nitrogen functional groups attached to an aromatic ring is 1. The van der Waals surface area contributed by atoms with Gasteiger partial charge in [0.1, 0.15) is 0 Å². The Kier molecular flexibility index (Phi) is 4.85. The first-order chi connectivity index (χ1) is 9.22. The highest BCUT2D eigenvalue weighted by molar-refractivity contribution is 5.62. The van der Waals surface area contributed by atoms with Crippen LogP contribution in [0, 0.1) is 0 Å². The lowest BCUT2D eigenvalue weighted by Crippen LogP contribution is -2.39. The van der Waals surface area contributed by atoms with Crippen LogP contribution in [0.1, 0.15) is 26.2 Å². The smallest absolute Gasteiger partial charge is 0.215 e. The van der Waals surface area contributed by atoms with Crippen LogP contribution in [0.5, 0.6) is 5.88 Å². The van der Waals surface area contributed by atoms with E-state index in [4.69, 9.17) is 10.5 Å². The lowest BCUT2D eigenvalue weighted by atomic mass is 10.0. The second-order valence-corrected chi connectivity index (χ2v) is 5.05. The quantitative estimate of drug-likeness (QED) is 0.851. The monoisotopic (exact) mass is 264 g/mol.